The Morgan fingerprint density at radius 2 is 2.18 bits per heavy atom. The van der Waals surface area contributed by atoms with Gasteiger partial charge in [-0.1, -0.05) is 12.1 Å². The molecule has 2 heterocycles. The van der Waals surface area contributed by atoms with Crippen LogP contribution in [0.2, 0.25) is 0 Å². The van der Waals surface area contributed by atoms with Crippen molar-refractivity contribution in [2.45, 2.75) is 25.3 Å². The Balaban J connectivity index is 0.00000225. The fraction of sp³-hybridized carbons (Fsp3) is 0.316. The topological polar surface area (TPSA) is 85.8 Å². The van der Waals surface area contributed by atoms with Gasteiger partial charge in [-0.05, 0) is 55.3 Å². The maximum atomic E-state index is 13.7. The quantitative estimate of drug-likeness (QED) is 0.638. The van der Waals surface area contributed by atoms with Crippen LogP contribution in [0, 0.1) is 11.7 Å². The third-order valence-electron chi connectivity index (χ3n) is 4.91. The maximum absolute atomic E-state index is 13.7. The van der Waals surface area contributed by atoms with Gasteiger partial charge in [-0.25, -0.2) is 14.1 Å². The summed E-state index contributed by atoms with van der Waals surface area (Å²) in [7, 11) is 0. The molecule has 0 bridgehead atoms. The summed E-state index contributed by atoms with van der Waals surface area (Å²) >= 11 is 1.48. The molecule has 0 aliphatic heterocycles. The van der Waals surface area contributed by atoms with Crippen molar-refractivity contribution in [1.82, 2.24) is 20.1 Å². The number of carbonyl (C=O) groups excluding carboxylic acids is 1. The van der Waals surface area contributed by atoms with E-state index in [0.717, 1.165) is 17.7 Å². The number of halogens is 2. The van der Waals surface area contributed by atoms with E-state index in [9.17, 15) is 9.18 Å². The van der Waals surface area contributed by atoms with Crippen LogP contribution < -0.4 is 11.1 Å². The molecule has 1 aliphatic carbocycles. The van der Waals surface area contributed by atoms with E-state index in [4.69, 9.17) is 5.73 Å². The van der Waals surface area contributed by atoms with Crippen LogP contribution in [0.4, 0.5) is 4.39 Å². The van der Waals surface area contributed by atoms with Crippen molar-refractivity contribution >= 4 is 29.7 Å². The number of hydrogen-bond acceptors (Lipinski definition) is 5. The minimum atomic E-state index is -0.468. The lowest BCUT2D eigenvalue weighted by molar-refractivity contribution is 0.0887. The van der Waals surface area contributed by atoms with E-state index in [0.29, 0.717) is 24.0 Å². The van der Waals surface area contributed by atoms with Gasteiger partial charge in [0, 0.05) is 6.54 Å². The largest absolute Gasteiger partial charge is 0.343 e. The average Bonchev–Trinajstić information content (AvgIpc) is 3.20. The predicted molar refractivity (Wildman–Crippen MR) is 110 cm³/mol. The molecule has 148 valence electrons. The Bertz CT molecular complexity index is 973. The van der Waals surface area contributed by atoms with Crippen LogP contribution in [0.5, 0.6) is 0 Å². The van der Waals surface area contributed by atoms with Crippen molar-refractivity contribution in [3.8, 4) is 16.4 Å². The van der Waals surface area contributed by atoms with Gasteiger partial charge in [0.2, 0.25) is 5.82 Å². The predicted octanol–water partition coefficient (Wildman–Crippen LogP) is 3.41. The number of nitrogens with two attached hydrogens (primary N) is 1. The van der Waals surface area contributed by atoms with Crippen LogP contribution in [-0.4, -0.2) is 32.8 Å². The number of rotatable bonds is 6. The second kappa shape index (κ2) is 7.98. The highest BCUT2D eigenvalue weighted by Crippen LogP contribution is 2.39. The van der Waals surface area contributed by atoms with E-state index in [1.54, 1.807) is 12.1 Å². The van der Waals surface area contributed by atoms with Gasteiger partial charge in [0.05, 0.1) is 16.1 Å². The molecular weight excluding hydrogens is 401 g/mol. The second-order valence-corrected chi connectivity index (χ2v) is 7.93. The third-order valence-corrected chi connectivity index (χ3v) is 5.77. The van der Waals surface area contributed by atoms with Crippen molar-refractivity contribution < 1.29 is 9.18 Å². The summed E-state index contributed by atoms with van der Waals surface area (Å²) in [5, 5.41) is 9.28. The van der Waals surface area contributed by atoms with Crippen molar-refractivity contribution in [2.24, 2.45) is 11.7 Å². The number of hydrogen-bond donors (Lipinski definition) is 2. The number of nitrogens with zero attached hydrogens (tertiary/aromatic N) is 3. The molecule has 1 amide bonds. The molecule has 9 heteroatoms. The number of carbonyl (C=O) groups is 1. The van der Waals surface area contributed by atoms with Gasteiger partial charge in [0.25, 0.3) is 5.91 Å². The first-order valence-electron chi connectivity index (χ1n) is 8.79. The summed E-state index contributed by atoms with van der Waals surface area (Å²) < 4.78 is 15.2. The lowest BCUT2D eigenvalue weighted by Gasteiger charge is -2.28. The zero-order valence-corrected chi connectivity index (χ0v) is 16.9. The van der Waals surface area contributed by atoms with E-state index in [-0.39, 0.29) is 30.0 Å². The summed E-state index contributed by atoms with van der Waals surface area (Å²) in [6.07, 6.45) is 2.11. The zero-order chi connectivity index (χ0) is 19.0. The first kappa shape index (κ1) is 20.4. The maximum Gasteiger partial charge on any atom is 0.291 e. The number of amides is 1. The summed E-state index contributed by atoms with van der Waals surface area (Å²) in [5.74, 6) is 0.177. The van der Waals surface area contributed by atoms with Crippen molar-refractivity contribution in [3.63, 3.8) is 0 Å². The summed E-state index contributed by atoms with van der Waals surface area (Å²) in [5.41, 5.74) is 5.93. The molecule has 1 saturated carbocycles. The highest BCUT2D eigenvalue weighted by molar-refractivity contribution is 7.13. The molecule has 0 spiro atoms. The molecule has 4 rings (SSSR count). The molecule has 0 radical (unpaired) electrons. The highest BCUT2D eigenvalue weighted by Gasteiger charge is 2.42. The molecule has 1 fully saturated rings. The number of thiophene rings is 1. The van der Waals surface area contributed by atoms with Crippen LogP contribution in [0.25, 0.3) is 16.4 Å². The van der Waals surface area contributed by atoms with Crippen LogP contribution in [0.3, 0.4) is 0 Å². The van der Waals surface area contributed by atoms with Crippen LogP contribution in [0.1, 0.15) is 30.4 Å². The first-order chi connectivity index (χ1) is 13.0. The van der Waals surface area contributed by atoms with Gasteiger partial charge in [-0.2, -0.15) is 0 Å². The Kier molecular flexibility index (Phi) is 5.83. The van der Waals surface area contributed by atoms with E-state index in [1.807, 2.05) is 24.4 Å². The minimum Gasteiger partial charge on any atom is -0.343 e. The van der Waals surface area contributed by atoms with Gasteiger partial charge in [-0.15, -0.1) is 28.8 Å². The lowest BCUT2D eigenvalue weighted by atomic mass is 9.96. The van der Waals surface area contributed by atoms with Gasteiger partial charge in [0.1, 0.15) is 5.82 Å². The number of benzene rings is 1. The molecule has 6 nitrogen and oxygen atoms in total. The minimum absolute atomic E-state index is 0. The fourth-order valence-electron chi connectivity index (χ4n) is 3.12. The van der Waals surface area contributed by atoms with Crippen LogP contribution in [0.15, 0.2) is 41.8 Å². The Morgan fingerprint density at radius 3 is 2.79 bits per heavy atom. The number of aromatic nitrogens is 3. The Morgan fingerprint density at radius 1 is 1.39 bits per heavy atom. The standard InChI is InChI=1S/C19H20FN5OS.ClH/c1-19(11-21,12-7-8-12)23-18(26)16-22-17(15-6-3-9-27-15)25(24-16)14-5-2-4-13(20)10-14;/h2-6,9-10,12H,7-8,11,21H2,1H3,(H,23,26);1H. The molecule has 1 unspecified atom stereocenters. The van der Waals surface area contributed by atoms with E-state index >= 15 is 0 Å². The van der Waals surface area contributed by atoms with Gasteiger partial charge in [-0.3, -0.25) is 4.79 Å². The van der Waals surface area contributed by atoms with Crippen molar-refractivity contribution in [3.05, 3.63) is 53.4 Å². The fourth-order valence-corrected chi connectivity index (χ4v) is 3.82. The van der Waals surface area contributed by atoms with Crippen molar-refractivity contribution in [2.75, 3.05) is 6.54 Å². The average molecular weight is 422 g/mol. The van der Waals surface area contributed by atoms with Crippen LogP contribution >= 0.6 is 23.7 Å². The summed E-state index contributed by atoms with van der Waals surface area (Å²) in [6, 6.07) is 9.83. The molecule has 1 atom stereocenters. The third kappa shape index (κ3) is 3.94. The Labute approximate surface area is 172 Å². The van der Waals surface area contributed by atoms with Crippen LogP contribution in [-0.2, 0) is 0 Å². The normalized spacial score (nSPS) is 15.5. The Hall–Kier alpha value is -2.29. The SMILES string of the molecule is CC(CN)(NC(=O)c1nc(-c2cccs2)n(-c2cccc(F)c2)n1)C1CC1.Cl. The molecule has 2 aromatic heterocycles. The molecule has 28 heavy (non-hydrogen) atoms. The molecular formula is C19H21ClFN5OS. The van der Waals surface area contributed by atoms with E-state index < -0.39 is 5.54 Å². The lowest BCUT2D eigenvalue weighted by Crippen LogP contribution is -2.53. The van der Waals surface area contributed by atoms with E-state index in [1.165, 1.54) is 28.2 Å². The molecule has 3 N–H and O–H groups in total. The molecule has 3 aromatic rings. The summed E-state index contributed by atoms with van der Waals surface area (Å²) in [4.78, 5) is 18.1. The smallest absolute Gasteiger partial charge is 0.291 e. The van der Waals surface area contributed by atoms with Crippen molar-refractivity contribution in [1.29, 1.82) is 0 Å². The zero-order valence-electron chi connectivity index (χ0n) is 15.3. The number of nitrogens with one attached hydrogen (secondary N) is 1. The van der Waals surface area contributed by atoms with Gasteiger partial charge >= 0.3 is 0 Å². The van der Waals surface area contributed by atoms with Gasteiger partial charge < -0.3 is 11.1 Å². The molecule has 1 aliphatic rings. The second-order valence-electron chi connectivity index (χ2n) is 6.98. The first-order valence-corrected chi connectivity index (χ1v) is 9.67. The highest BCUT2D eigenvalue weighted by atomic mass is 35.5. The van der Waals surface area contributed by atoms with Gasteiger partial charge in [0.15, 0.2) is 5.82 Å². The molecule has 0 saturated heterocycles. The van der Waals surface area contributed by atoms with E-state index in [2.05, 4.69) is 15.4 Å². The molecule has 1 aromatic carbocycles. The monoisotopic (exact) mass is 421 g/mol. The summed E-state index contributed by atoms with van der Waals surface area (Å²) in [6.45, 7) is 2.30.